The first kappa shape index (κ1) is 19.6. The smallest absolute Gasteiger partial charge is 0.144 e. The van der Waals surface area contributed by atoms with E-state index in [-0.39, 0.29) is 5.82 Å². The van der Waals surface area contributed by atoms with Gasteiger partial charge < -0.3 is 0 Å². The lowest BCUT2D eigenvalue weighted by atomic mass is 9.79. The van der Waals surface area contributed by atoms with E-state index in [0.717, 1.165) is 34.4 Å². The molecule has 1 aromatic heterocycles. The predicted molar refractivity (Wildman–Crippen MR) is 114 cm³/mol. The molecule has 1 aromatic carbocycles. The van der Waals surface area contributed by atoms with Crippen LogP contribution in [0.5, 0.6) is 0 Å². The first-order chi connectivity index (χ1) is 12.7. The maximum atomic E-state index is 14.9. The van der Waals surface area contributed by atoms with Gasteiger partial charge in [0.1, 0.15) is 5.82 Å². The highest BCUT2D eigenvalue weighted by Crippen LogP contribution is 2.42. The van der Waals surface area contributed by atoms with Crippen molar-refractivity contribution in [3.8, 4) is 0 Å². The van der Waals surface area contributed by atoms with Gasteiger partial charge in [0, 0.05) is 4.88 Å². The Hall–Kier alpha value is -1.15. The van der Waals surface area contributed by atoms with Gasteiger partial charge in [-0.2, -0.15) is 0 Å². The molecule has 0 spiro atoms. The minimum absolute atomic E-state index is 0.0245. The van der Waals surface area contributed by atoms with Crippen molar-refractivity contribution in [2.75, 3.05) is 0 Å². The molecule has 0 unspecified atom stereocenters. The molecule has 0 nitrogen and oxygen atoms in total. The van der Waals surface area contributed by atoms with Crippen LogP contribution in [-0.4, -0.2) is 0 Å². The Labute approximate surface area is 162 Å². The summed E-state index contributed by atoms with van der Waals surface area (Å²) in [5, 5.41) is 1.10. The molecule has 142 valence electrons. The van der Waals surface area contributed by atoms with E-state index >= 15 is 0 Å². The molecule has 1 aliphatic rings. The monoisotopic (exact) mass is 372 g/mol. The highest BCUT2D eigenvalue weighted by atomic mass is 32.1. The Morgan fingerprint density at radius 2 is 1.96 bits per heavy atom. The molecule has 1 aliphatic carbocycles. The average Bonchev–Trinajstić information content (AvgIpc) is 3.10. The van der Waals surface area contributed by atoms with Crippen molar-refractivity contribution in [3.05, 3.63) is 46.6 Å². The second kappa shape index (κ2) is 9.69. The number of fused-ring (bicyclic) bond motifs is 1. The number of benzene rings is 1. The summed E-state index contributed by atoms with van der Waals surface area (Å²) in [6, 6.07) is 6.38. The number of halogens is 1. The van der Waals surface area contributed by atoms with Crippen LogP contribution < -0.4 is 0 Å². The predicted octanol–water partition coefficient (Wildman–Crippen LogP) is 8.40. The Kier molecular flexibility index (Phi) is 7.31. The summed E-state index contributed by atoms with van der Waals surface area (Å²) in [7, 11) is 0. The quantitative estimate of drug-likeness (QED) is 0.322. The van der Waals surface area contributed by atoms with Gasteiger partial charge in [-0.1, -0.05) is 56.9 Å². The third-order valence-electron chi connectivity index (χ3n) is 6.01. The molecule has 2 heteroatoms. The topological polar surface area (TPSA) is 0 Å². The second-order valence-corrected chi connectivity index (χ2v) is 9.01. The second-order valence-electron chi connectivity index (χ2n) is 7.93. The highest BCUT2D eigenvalue weighted by Gasteiger charge is 2.24. The lowest BCUT2D eigenvalue weighted by molar-refractivity contribution is 0.304. The van der Waals surface area contributed by atoms with Crippen molar-refractivity contribution in [2.24, 2.45) is 5.92 Å². The Balaban J connectivity index is 1.65. The van der Waals surface area contributed by atoms with E-state index in [0.29, 0.717) is 5.92 Å². The minimum Gasteiger partial charge on any atom is -0.205 e. The van der Waals surface area contributed by atoms with E-state index in [1.54, 1.807) is 11.3 Å². The number of thiophene rings is 1. The van der Waals surface area contributed by atoms with Crippen molar-refractivity contribution < 1.29 is 4.39 Å². The summed E-state index contributed by atoms with van der Waals surface area (Å²) in [5.41, 5.74) is 0.864. The molecule has 0 aliphatic heterocycles. The zero-order chi connectivity index (χ0) is 18.4. The third-order valence-corrected chi connectivity index (χ3v) is 7.31. The zero-order valence-electron chi connectivity index (χ0n) is 16.4. The third kappa shape index (κ3) is 4.76. The molecule has 0 bridgehead atoms. The van der Waals surface area contributed by atoms with Crippen LogP contribution in [0.25, 0.3) is 10.1 Å². The van der Waals surface area contributed by atoms with E-state index in [9.17, 15) is 4.39 Å². The van der Waals surface area contributed by atoms with E-state index in [1.807, 2.05) is 19.1 Å². The summed E-state index contributed by atoms with van der Waals surface area (Å²) in [5.74, 6) is 1.61. The van der Waals surface area contributed by atoms with Crippen molar-refractivity contribution in [1.82, 2.24) is 0 Å². The Morgan fingerprint density at radius 1 is 1.15 bits per heavy atom. The van der Waals surface area contributed by atoms with Crippen LogP contribution in [-0.2, 0) is 6.42 Å². The maximum Gasteiger partial charge on any atom is 0.144 e. The molecule has 0 atom stereocenters. The lowest BCUT2D eigenvalue weighted by Gasteiger charge is -2.27. The van der Waals surface area contributed by atoms with Crippen LogP contribution in [0, 0.1) is 11.7 Å². The van der Waals surface area contributed by atoms with Crippen molar-refractivity contribution >= 4 is 21.4 Å². The lowest BCUT2D eigenvalue weighted by Crippen LogP contribution is -2.12. The number of hydrogen-bond donors (Lipinski definition) is 0. The van der Waals surface area contributed by atoms with Gasteiger partial charge in [-0.05, 0) is 74.3 Å². The summed E-state index contributed by atoms with van der Waals surface area (Å²) in [6.07, 6.45) is 16.7. The minimum atomic E-state index is 0.0245. The van der Waals surface area contributed by atoms with E-state index < -0.39 is 0 Å². The van der Waals surface area contributed by atoms with Gasteiger partial charge in [-0.3, -0.25) is 0 Å². The van der Waals surface area contributed by atoms with Crippen LogP contribution in [0.3, 0.4) is 0 Å². The van der Waals surface area contributed by atoms with Gasteiger partial charge in [0.2, 0.25) is 0 Å². The van der Waals surface area contributed by atoms with E-state index in [1.165, 1.54) is 56.2 Å². The van der Waals surface area contributed by atoms with E-state index in [2.05, 4.69) is 25.1 Å². The van der Waals surface area contributed by atoms with Gasteiger partial charge in [0.05, 0.1) is 4.70 Å². The fraction of sp³-hybridized carbons (Fsp3) is 0.583. The van der Waals surface area contributed by atoms with Crippen LogP contribution in [0.15, 0.2) is 30.4 Å². The van der Waals surface area contributed by atoms with Gasteiger partial charge >= 0.3 is 0 Å². The molecule has 1 fully saturated rings. The molecule has 3 rings (SSSR count). The summed E-state index contributed by atoms with van der Waals surface area (Å²) in [6.45, 7) is 4.30. The number of allylic oxidation sites excluding steroid dienone is 2. The molecule has 0 radical (unpaired) electrons. The van der Waals surface area contributed by atoms with Gasteiger partial charge in [-0.15, -0.1) is 11.3 Å². The summed E-state index contributed by atoms with van der Waals surface area (Å²) >= 11 is 1.71. The first-order valence-corrected chi connectivity index (χ1v) is 11.4. The van der Waals surface area contributed by atoms with Crippen molar-refractivity contribution in [3.63, 3.8) is 0 Å². The van der Waals surface area contributed by atoms with Gasteiger partial charge in [0.15, 0.2) is 0 Å². The van der Waals surface area contributed by atoms with Crippen molar-refractivity contribution in [1.29, 1.82) is 0 Å². The first-order valence-electron chi connectivity index (χ1n) is 10.5. The van der Waals surface area contributed by atoms with Crippen LogP contribution in [0.1, 0.15) is 88.0 Å². The molecule has 2 aromatic rings. The zero-order valence-corrected chi connectivity index (χ0v) is 17.2. The van der Waals surface area contributed by atoms with Gasteiger partial charge in [-0.25, -0.2) is 4.39 Å². The summed E-state index contributed by atoms with van der Waals surface area (Å²) < 4.78 is 15.8. The number of rotatable bonds is 8. The largest absolute Gasteiger partial charge is 0.205 e. The van der Waals surface area contributed by atoms with Gasteiger partial charge in [0.25, 0.3) is 0 Å². The van der Waals surface area contributed by atoms with Crippen LogP contribution >= 0.6 is 11.3 Å². The molecule has 26 heavy (non-hydrogen) atoms. The number of aryl methyl sites for hydroxylation is 1. The fourth-order valence-electron chi connectivity index (χ4n) is 4.35. The summed E-state index contributed by atoms with van der Waals surface area (Å²) in [4.78, 5) is 1.41. The maximum absolute atomic E-state index is 14.9. The molecule has 1 heterocycles. The van der Waals surface area contributed by atoms with E-state index in [4.69, 9.17) is 0 Å². The average molecular weight is 373 g/mol. The Morgan fingerprint density at radius 3 is 2.69 bits per heavy atom. The molecule has 1 saturated carbocycles. The molecular formula is C24H33FS. The SMILES string of the molecule is C/C=C/CCc1ccc2cc(C3CCC(CCCCC)CC3)sc2c1F. The molecule has 0 saturated heterocycles. The Bertz CT molecular complexity index is 719. The molecule has 0 amide bonds. The fourth-order valence-corrected chi connectivity index (χ4v) is 5.64. The van der Waals surface area contributed by atoms with Crippen molar-refractivity contribution in [2.45, 2.75) is 84.0 Å². The molecular weight excluding hydrogens is 339 g/mol. The van der Waals surface area contributed by atoms with Crippen LogP contribution in [0.2, 0.25) is 0 Å². The normalized spacial score (nSPS) is 21.0. The number of hydrogen-bond acceptors (Lipinski definition) is 1. The molecule has 0 N–H and O–H groups in total. The number of unbranched alkanes of at least 4 members (excludes halogenated alkanes) is 2. The highest BCUT2D eigenvalue weighted by molar-refractivity contribution is 7.19. The standard InChI is InChI=1S/C24H33FS/c1-3-5-7-9-18-11-13-19(14-12-18)22-17-21-16-15-20(10-8-6-4-2)23(25)24(21)26-22/h4,6,15-19H,3,5,7-14H2,1-2H3/b6-4+. The van der Waals surface area contributed by atoms with Crippen LogP contribution in [0.4, 0.5) is 4.39 Å².